The minimum Gasteiger partial charge on any atom is -0.481 e. The number of carbonyl (C=O) groups excluding carboxylic acids is 1. The average Bonchev–Trinajstić information content (AvgIpc) is 2.31. The second-order valence-corrected chi connectivity index (χ2v) is 5.98. The summed E-state index contributed by atoms with van der Waals surface area (Å²) in [6.07, 6.45) is 1.55. The predicted octanol–water partition coefficient (Wildman–Crippen LogP) is 0.995. The number of amides is 1. The summed E-state index contributed by atoms with van der Waals surface area (Å²) in [4.78, 5) is 22.1. The molecule has 0 aliphatic heterocycles. The number of carbonyl (C=O) groups is 2. The van der Waals surface area contributed by atoms with E-state index < -0.39 is 5.97 Å². The molecule has 4 N–H and O–H groups in total. The Morgan fingerprint density at radius 1 is 1.30 bits per heavy atom. The summed E-state index contributed by atoms with van der Waals surface area (Å²) in [7, 11) is 0. The Kier molecular flexibility index (Phi) is 9.16. The van der Waals surface area contributed by atoms with E-state index in [1.165, 1.54) is 0 Å². The van der Waals surface area contributed by atoms with E-state index >= 15 is 0 Å². The molecule has 0 aliphatic rings. The van der Waals surface area contributed by atoms with Gasteiger partial charge < -0.3 is 20.9 Å². The fourth-order valence-corrected chi connectivity index (χ4v) is 1.99. The van der Waals surface area contributed by atoms with E-state index in [-0.39, 0.29) is 30.3 Å². The van der Waals surface area contributed by atoms with Crippen molar-refractivity contribution in [3.8, 4) is 0 Å². The summed E-state index contributed by atoms with van der Waals surface area (Å²) in [6, 6.07) is 0. The summed E-state index contributed by atoms with van der Waals surface area (Å²) in [5.41, 5.74) is 5.28. The molecule has 0 aliphatic carbocycles. The molecule has 0 saturated heterocycles. The van der Waals surface area contributed by atoms with Gasteiger partial charge in [0.2, 0.25) is 5.91 Å². The highest BCUT2D eigenvalue weighted by Crippen LogP contribution is 2.32. The maximum Gasteiger partial charge on any atom is 0.303 e. The number of hydrogen-bond donors (Lipinski definition) is 3. The predicted molar refractivity (Wildman–Crippen MR) is 77.3 cm³/mol. The summed E-state index contributed by atoms with van der Waals surface area (Å²) >= 11 is 0. The Morgan fingerprint density at radius 3 is 2.45 bits per heavy atom. The lowest BCUT2D eigenvalue weighted by molar-refractivity contribution is -0.137. The lowest BCUT2D eigenvalue weighted by atomic mass is 9.76. The number of ether oxygens (including phenoxy) is 1. The summed E-state index contributed by atoms with van der Waals surface area (Å²) in [5, 5.41) is 11.5. The fourth-order valence-electron chi connectivity index (χ4n) is 1.99. The van der Waals surface area contributed by atoms with E-state index in [1.807, 2.05) is 0 Å². The first kappa shape index (κ1) is 18.9. The van der Waals surface area contributed by atoms with Crippen molar-refractivity contribution in [2.75, 3.05) is 26.3 Å². The van der Waals surface area contributed by atoms with Gasteiger partial charge in [0.1, 0.15) is 6.61 Å². The molecular formula is C14H28N2O4. The summed E-state index contributed by atoms with van der Waals surface area (Å²) < 4.78 is 5.03. The van der Waals surface area contributed by atoms with Gasteiger partial charge in [0.25, 0.3) is 0 Å². The van der Waals surface area contributed by atoms with Gasteiger partial charge in [-0.1, -0.05) is 20.8 Å². The van der Waals surface area contributed by atoms with Crippen LogP contribution in [0.1, 0.15) is 40.0 Å². The third kappa shape index (κ3) is 9.75. The number of carboxylic acid groups (broad SMARTS) is 1. The van der Waals surface area contributed by atoms with E-state index in [4.69, 9.17) is 15.6 Å². The van der Waals surface area contributed by atoms with Gasteiger partial charge in [0, 0.05) is 19.5 Å². The molecule has 0 aromatic rings. The Hall–Kier alpha value is -1.14. The highest BCUT2D eigenvalue weighted by Gasteiger charge is 2.24. The molecule has 0 spiro atoms. The van der Waals surface area contributed by atoms with Crippen molar-refractivity contribution in [2.24, 2.45) is 17.1 Å². The Labute approximate surface area is 121 Å². The Bertz CT molecular complexity index is 300. The molecule has 0 aromatic heterocycles. The van der Waals surface area contributed by atoms with Crippen molar-refractivity contribution in [1.29, 1.82) is 0 Å². The van der Waals surface area contributed by atoms with E-state index in [0.29, 0.717) is 26.1 Å². The molecule has 6 heteroatoms. The molecule has 118 valence electrons. The third-order valence-electron chi connectivity index (χ3n) is 3.24. The maximum atomic E-state index is 11.4. The SMILES string of the molecule is CC(C)(C)C(CCNC(=O)COCCN)CCC(=O)O. The molecule has 1 amide bonds. The second-order valence-electron chi connectivity index (χ2n) is 5.98. The standard InChI is InChI=1S/C14H28N2O4/c1-14(2,3)11(4-5-13(18)19)6-8-16-12(17)10-20-9-7-15/h11H,4-10,15H2,1-3H3,(H,16,17)(H,18,19). The van der Waals surface area contributed by atoms with Crippen LogP contribution >= 0.6 is 0 Å². The molecule has 0 radical (unpaired) electrons. The summed E-state index contributed by atoms with van der Waals surface area (Å²) in [5.74, 6) is -0.688. The van der Waals surface area contributed by atoms with Crippen LogP contribution in [0.5, 0.6) is 0 Å². The number of nitrogens with one attached hydrogen (secondary N) is 1. The largest absolute Gasteiger partial charge is 0.481 e. The quantitative estimate of drug-likeness (QED) is 0.520. The Balaban J connectivity index is 4.01. The van der Waals surface area contributed by atoms with Crippen molar-refractivity contribution in [3.05, 3.63) is 0 Å². The molecular weight excluding hydrogens is 260 g/mol. The minimum absolute atomic E-state index is 0.0203. The third-order valence-corrected chi connectivity index (χ3v) is 3.24. The van der Waals surface area contributed by atoms with Gasteiger partial charge in [-0.05, 0) is 24.2 Å². The lowest BCUT2D eigenvalue weighted by Gasteiger charge is -2.30. The van der Waals surface area contributed by atoms with Crippen LogP contribution in [0.3, 0.4) is 0 Å². The van der Waals surface area contributed by atoms with Gasteiger partial charge in [-0.3, -0.25) is 9.59 Å². The molecule has 0 fully saturated rings. The van der Waals surface area contributed by atoms with Crippen LogP contribution in [0, 0.1) is 11.3 Å². The van der Waals surface area contributed by atoms with Gasteiger partial charge in [-0.2, -0.15) is 0 Å². The fraction of sp³-hybridized carbons (Fsp3) is 0.857. The van der Waals surface area contributed by atoms with Crippen LogP contribution in [0.25, 0.3) is 0 Å². The van der Waals surface area contributed by atoms with Crippen molar-refractivity contribution in [3.63, 3.8) is 0 Å². The van der Waals surface area contributed by atoms with Crippen LogP contribution in [0.2, 0.25) is 0 Å². The zero-order valence-corrected chi connectivity index (χ0v) is 12.8. The number of nitrogens with two attached hydrogens (primary N) is 1. The number of aliphatic carboxylic acids is 1. The first-order valence-electron chi connectivity index (χ1n) is 7.03. The highest BCUT2D eigenvalue weighted by atomic mass is 16.5. The molecule has 6 nitrogen and oxygen atoms in total. The van der Waals surface area contributed by atoms with Crippen molar-refractivity contribution >= 4 is 11.9 Å². The van der Waals surface area contributed by atoms with E-state index in [9.17, 15) is 9.59 Å². The molecule has 1 unspecified atom stereocenters. The van der Waals surface area contributed by atoms with Gasteiger partial charge in [-0.15, -0.1) is 0 Å². The van der Waals surface area contributed by atoms with Crippen molar-refractivity contribution in [1.82, 2.24) is 5.32 Å². The number of rotatable bonds is 10. The zero-order valence-electron chi connectivity index (χ0n) is 12.8. The molecule has 1 atom stereocenters. The average molecular weight is 288 g/mol. The molecule has 0 heterocycles. The van der Waals surface area contributed by atoms with Crippen LogP contribution in [-0.4, -0.2) is 43.3 Å². The van der Waals surface area contributed by atoms with Crippen LogP contribution in [-0.2, 0) is 14.3 Å². The first-order chi connectivity index (χ1) is 9.27. The smallest absolute Gasteiger partial charge is 0.303 e. The number of hydrogen-bond acceptors (Lipinski definition) is 4. The molecule has 0 bridgehead atoms. The molecule has 0 saturated carbocycles. The Morgan fingerprint density at radius 2 is 1.95 bits per heavy atom. The van der Waals surface area contributed by atoms with Gasteiger partial charge >= 0.3 is 5.97 Å². The number of carboxylic acids is 1. The molecule has 0 rings (SSSR count). The van der Waals surface area contributed by atoms with E-state index in [1.54, 1.807) is 0 Å². The van der Waals surface area contributed by atoms with Crippen molar-refractivity contribution < 1.29 is 19.4 Å². The van der Waals surface area contributed by atoms with Gasteiger partial charge in [0.15, 0.2) is 0 Å². The van der Waals surface area contributed by atoms with Crippen LogP contribution in [0.15, 0.2) is 0 Å². The minimum atomic E-state index is -0.779. The lowest BCUT2D eigenvalue weighted by Crippen LogP contribution is -2.32. The monoisotopic (exact) mass is 288 g/mol. The van der Waals surface area contributed by atoms with Gasteiger partial charge in [0.05, 0.1) is 6.61 Å². The normalized spacial score (nSPS) is 13.0. The highest BCUT2D eigenvalue weighted by molar-refractivity contribution is 5.77. The first-order valence-corrected chi connectivity index (χ1v) is 7.03. The zero-order chi connectivity index (χ0) is 15.6. The van der Waals surface area contributed by atoms with Crippen LogP contribution in [0.4, 0.5) is 0 Å². The van der Waals surface area contributed by atoms with E-state index in [2.05, 4.69) is 26.1 Å². The maximum absolute atomic E-state index is 11.4. The van der Waals surface area contributed by atoms with Crippen LogP contribution < -0.4 is 11.1 Å². The van der Waals surface area contributed by atoms with Gasteiger partial charge in [-0.25, -0.2) is 0 Å². The topological polar surface area (TPSA) is 102 Å². The van der Waals surface area contributed by atoms with Crippen molar-refractivity contribution in [2.45, 2.75) is 40.0 Å². The molecule has 20 heavy (non-hydrogen) atoms. The van der Waals surface area contributed by atoms with E-state index in [0.717, 1.165) is 6.42 Å². The molecule has 0 aromatic carbocycles. The second kappa shape index (κ2) is 9.72. The summed E-state index contributed by atoms with van der Waals surface area (Å²) in [6.45, 7) is 7.59.